The van der Waals surface area contributed by atoms with Crippen molar-refractivity contribution in [1.82, 2.24) is 40.5 Å². The standard InChI is InChI=1S/C54H70Cl2F6N8O14S2/c1-69(2)45-33-41-43(29-35(55)31-47(41)83-53(57,58)59)49(45)81-37-7-11-39(12-8-37)85(73,74)67-19-23-79-27-25-77-21-17-65-51(71)63-15-5-6-16-64-52(72)66-18-22-78-26-28-80-24-20-68-86(75,76)40-13-9-38(10-14-40)82-50-44-30-36(56)32-48(84-54(60,61)62)42(44)34-46(50)70(3)4/h7-14,29-32,45-46,49-50,67-68H,5-6,15-28,33-34H2,1-4H3,(H2,63,65,71)(H2,64,66,72)/t45-,46-,49-,50-/m0/s1. The Balaban J connectivity index is 0.716. The Morgan fingerprint density at radius 3 is 1.15 bits per heavy atom. The van der Waals surface area contributed by atoms with Crippen LogP contribution in [0.4, 0.5) is 35.9 Å². The normalized spacial score (nSPS) is 16.9. The first kappa shape index (κ1) is 69.5. The van der Waals surface area contributed by atoms with Crippen molar-refractivity contribution in [3.8, 4) is 23.0 Å². The van der Waals surface area contributed by atoms with E-state index in [9.17, 15) is 52.8 Å². The molecule has 0 radical (unpaired) electrons. The van der Waals surface area contributed by atoms with Gasteiger partial charge in [-0.1, -0.05) is 23.2 Å². The van der Waals surface area contributed by atoms with E-state index >= 15 is 0 Å². The summed E-state index contributed by atoms with van der Waals surface area (Å²) in [6, 6.07) is 15.0. The zero-order valence-corrected chi connectivity index (χ0v) is 50.6. The van der Waals surface area contributed by atoms with Crippen molar-refractivity contribution in [2.24, 2.45) is 0 Å². The van der Waals surface area contributed by atoms with Crippen LogP contribution in [0.25, 0.3) is 0 Å². The fraction of sp³-hybridized carbons (Fsp3) is 0.519. The maximum Gasteiger partial charge on any atom is 0.573 e. The number of unbranched alkanes of at least 4 members (excludes halogenated alkanes) is 1. The molecular formula is C54H70Cl2F6N8O14S2. The molecule has 0 saturated carbocycles. The van der Waals surface area contributed by atoms with E-state index < -0.39 is 68.5 Å². The zero-order chi connectivity index (χ0) is 62.7. The van der Waals surface area contributed by atoms with Gasteiger partial charge in [0.2, 0.25) is 20.0 Å². The molecule has 0 spiro atoms. The number of carbonyl (C=O) groups is 2. The van der Waals surface area contributed by atoms with Gasteiger partial charge in [0, 0.05) is 71.6 Å². The van der Waals surface area contributed by atoms with Gasteiger partial charge in [-0.15, -0.1) is 26.3 Å². The summed E-state index contributed by atoms with van der Waals surface area (Å²) < 4.78 is 178. The Kier molecular flexibility index (Phi) is 26.3. The van der Waals surface area contributed by atoms with Gasteiger partial charge in [-0.05, 0) is 127 Å². The van der Waals surface area contributed by atoms with Crippen LogP contribution in [0.5, 0.6) is 23.0 Å². The molecule has 478 valence electrons. The Morgan fingerprint density at radius 1 is 0.500 bits per heavy atom. The summed E-state index contributed by atoms with van der Waals surface area (Å²) in [5.74, 6) is -0.221. The second-order valence-corrected chi connectivity index (χ2v) is 24.3. The fourth-order valence-corrected chi connectivity index (χ4v) is 11.6. The molecule has 6 N–H and O–H groups in total. The number of urea groups is 2. The maximum absolute atomic E-state index is 13.2. The van der Waals surface area contributed by atoms with Gasteiger partial charge < -0.3 is 69.0 Å². The van der Waals surface area contributed by atoms with Gasteiger partial charge in [-0.3, -0.25) is 0 Å². The molecule has 2 aliphatic rings. The van der Waals surface area contributed by atoms with Crippen LogP contribution in [0.3, 0.4) is 0 Å². The summed E-state index contributed by atoms with van der Waals surface area (Å²) in [5, 5.41) is 10.8. The molecule has 0 fully saturated rings. The lowest BCUT2D eigenvalue weighted by atomic mass is 10.1. The van der Waals surface area contributed by atoms with Gasteiger partial charge in [-0.25, -0.2) is 35.9 Å². The van der Waals surface area contributed by atoms with E-state index in [0.29, 0.717) is 48.2 Å². The number of nitrogens with zero attached hydrogens (tertiary/aromatic N) is 2. The van der Waals surface area contributed by atoms with Gasteiger partial charge in [0.25, 0.3) is 0 Å². The van der Waals surface area contributed by atoms with Crippen LogP contribution < -0.4 is 49.7 Å². The monoisotopic (exact) mass is 1300 g/mol. The number of carbonyl (C=O) groups excluding carboxylic acids is 2. The average Bonchev–Trinajstić information content (AvgIpc) is 1.91. The highest BCUT2D eigenvalue weighted by atomic mass is 35.5. The largest absolute Gasteiger partial charge is 0.573 e. The molecule has 0 aromatic heterocycles. The molecule has 0 heterocycles. The first-order valence-corrected chi connectivity index (χ1v) is 30.8. The van der Waals surface area contributed by atoms with Crippen molar-refractivity contribution < 1.29 is 90.7 Å². The smallest absolute Gasteiger partial charge is 0.484 e. The number of benzene rings is 4. The predicted octanol–water partition coefficient (Wildman–Crippen LogP) is 6.71. The number of sulfonamides is 2. The number of amides is 4. The van der Waals surface area contributed by atoms with E-state index in [0.717, 1.165) is 12.1 Å². The number of nitrogens with one attached hydrogen (secondary N) is 6. The second kappa shape index (κ2) is 32.5. The summed E-state index contributed by atoms with van der Waals surface area (Å²) in [4.78, 5) is 27.8. The number of ether oxygens (including phenoxy) is 8. The molecule has 0 bridgehead atoms. The molecule has 32 heteroatoms. The number of alkyl halides is 6. The maximum atomic E-state index is 13.2. The number of likely N-dealkylation sites (N-methyl/N-ethyl adjacent to an activating group) is 2. The van der Waals surface area contributed by atoms with Crippen molar-refractivity contribution in [3.05, 3.63) is 105 Å². The molecule has 22 nitrogen and oxygen atoms in total. The lowest BCUT2D eigenvalue weighted by Gasteiger charge is -2.27. The number of hydrogen-bond acceptors (Lipinski definition) is 16. The summed E-state index contributed by atoms with van der Waals surface area (Å²) in [5.41, 5.74) is 1.50. The number of hydrogen-bond donors (Lipinski definition) is 6. The molecule has 4 atom stereocenters. The van der Waals surface area contributed by atoms with Gasteiger partial charge >= 0.3 is 24.8 Å². The van der Waals surface area contributed by atoms with Crippen LogP contribution in [-0.4, -0.2) is 184 Å². The highest BCUT2D eigenvalue weighted by Gasteiger charge is 2.43. The number of fused-ring (bicyclic) bond motifs is 2. The van der Waals surface area contributed by atoms with Crippen LogP contribution in [0.2, 0.25) is 10.0 Å². The highest BCUT2D eigenvalue weighted by Crippen LogP contribution is 2.46. The van der Waals surface area contributed by atoms with Gasteiger partial charge in [0.1, 0.15) is 35.2 Å². The van der Waals surface area contributed by atoms with Crippen LogP contribution >= 0.6 is 23.2 Å². The van der Waals surface area contributed by atoms with E-state index in [2.05, 4.69) is 40.2 Å². The molecule has 4 amide bonds. The minimum Gasteiger partial charge on any atom is -0.484 e. The molecular weight excluding hydrogens is 1230 g/mol. The first-order chi connectivity index (χ1) is 40.7. The summed E-state index contributed by atoms with van der Waals surface area (Å²) in [6.07, 6.45) is -9.70. The van der Waals surface area contributed by atoms with E-state index in [1.807, 2.05) is 9.80 Å². The second-order valence-electron chi connectivity index (χ2n) is 19.8. The van der Waals surface area contributed by atoms with Crippen LogP contribution in [0.1, 0.15) is 47.3 Å². The van der Waals surface area contributed by atoms with E-state index in [-0.39, 0.29) is 135 Å². The van der Waals surface area contributed by atoms with Crippen molar-refractivity contribution in [2.45, 2.75) is 72.5 Å². The summed E-state index contributed by atoms with van der Waals surface area (Å²) in [6.45, 7) is 2.35. The first-order valence-electron chi connectivity index (χ1n) is 27.1. The number of rotatable bonds is 35. The Bertz CT molecular complexity index is 2870. The van der Waals surface area contributed by atoms with Crippen molar-refractivity contribution in [2.75, 3.05) is 120 Å². The summed E-state index contributed by atoms with van der Waals surface area (Å²) >= 11 is 12.3. The van der Waals surface area contributed by atoms with Crippen molar-refractivity contribution in [3.63, 3.8) is 0 Å². The van der Waals surface area contributed by atoms with Crippen LogP contribution in [0, 0.1) is 0 Å². The molecule has 0 aliphatic heterocycles. The Hall–Kier alpha value is -5.64. The van der Waals surface area contributed by atoms with E-state index in [1.165, 1.54) is 60.7 Å². The SMILES string of the molecule is CN(C)[C@H]1Cc2c(OC(F)(F)F)cc(Cl)cc2[C@@H]1Oc1ccc(S(=O)(=O)NCCOCCOCCNC(=O)NCCCCNC(=O)NCCOCCOCCNS(=O)(=O)c2ccc(O[C@H]3c4cc(Cl)cc(OC(F)(F)F)c4C[C@@H]3N(C)C)cc2)cc1. The van der Waals surface area contributed by atoms with E-state index in [4.69, 9.17) is 51.6 Å². The molecule has 86 heavy (non-hydrogen) atoms. The average molecular weight is 1300 g/mol. The zero-order valence-electron chi connectivity index (χ0n) is 47.4. The highest BCUT2D eigenvalue weighted by molar-refractivity contribution is 7.89. The third kappa shape index (κ3) is 22.2. The quantitative estimate of drug-likeness (QED) is 0.0207. The molecule has 2 aliphatic carbocycles. The Morgan fingerprint density at radius 2 is 0.826 bits per heavy atom. The lowest BCUT2D eigenvalue weighted by molar-refractivity contribution is -0.275. The van der Waals surface area contributed by atoms with Gasteiger partial charge in [0.15, 0.2) is 0 Å². The van der Waals surface area contributed by atoms with E-state index in [1.54, 1.807) is 28.2 Å². The van der Waals surface area contributed by atoms with Gasteiger partial charge in [0.05, 0.1) is 74.7 Å². The predicted molar refractivity (Wildman–Crippen MR) is 304 cm³/mol. The van der Waals surface area contributed by atoms with Crippen molar-refractivity contribution >= 4 is 55.3 Å². The fourth-order valence-electron chi connectivity index (χ4n) is 9.12. The minimum atomic E-state index is -4.92. The molecule has 4 aromatic rings. The third-order valence-corrected chi connectivity index (χ3v) is 16.6. The van der Waals surface area contributed by atoms with Crippen LogP contribution in [-0.2, 0) is 51.8 Å². The lowest BCUT2D eigenvalue weighted by Crippen LogP contribution is -2.39. The van der Waals surface area contributed by atoms with Gasteiger partial charge in [-0.2, -0.15) is 0 Å². The number of halogens is 8. The minimum absolute atomic E-state index is 0.0314. The molecule has 0 saturated heterocycles. The topological polar surface area (TPSA) is 255 Å². The summed E-state index contributed by atoms with van der Waals surface area (Å²) in [7, 11) is -0.784. The third-order valence-electron chi connectivity index (χ3n) is 13.2. The molecule has 6 rings (SSSR count). The molecule has 0 unspecified atom stereocenters. The Labute approximate surface area is 505 Å². The van der Waals surface area contributed by atoms with Crippen molar-refractivity contribution in [1.29, 1.82) is 0 Å². The van der Waals surface area contributed by atoms with Crippen LogP contribution in [0.15, 0.2) is 82.6 Å². The molecule has 4 aromatic carbocycles.